The lowest BCUT2D eigenvalue weighted by Crippen LogP contribution is -2.46. The molecule has 0 bridgehead atoms. The van der Waals surface area contributed by atoms with Gasteiger partial charge in [0, 0.05) is 38.1 Å². The first-order chi connectivity index (χ1) is 11.5. The molecule has 8 nitrogen and oxygen atoms in total. The minimum Gasteiger partial charge on any atom is -0.386 e. The van der Waals surface area contributed by atoms with Gasteiger partial charge >= 0.3 is 0 Å². The highest BCUT2D eigenvalue weighted by Gasteiger charge is 2.38. The van der Waals surface area contributed by atoms with Gasteiger partial charge in [-0.1, -0.05) is 0 Å². The standard InChI is InChI=1S/C16H20N6O2/c1-12-7-14(20-11-18-12)22-6-4-16(24,9-22)8-21(2)15(23)13-3-5-17-10-19-13/h3,5,7,10-11,24H,4,6,8-9H2,1-2H3/t16-/m0/s1. The summed E-state index contributed by atoms with van der Waals surface area (Å²) in [4.78, 5) is 32.0. The van der Waals surface area contributed by atoms with Crippen LogP contribution in [-0.2, 0) is 0 Å². The van der Waals surface area contributed by atoms with Crippen molar-refractivity contribution in [2.24, 2.45) is 0 Å². The maximum atomic E-state index is 12.4. The van der Waals surface area contributed by atoms with Crippen molar-refractivity contribution in [1.82, 2.24) is 24.8 Å². The number of aliphatic hydroxyl groups is 1. The van der Waals surface area contributed by atoms with Gasteiger partial charge < -0.3 is 14.9 Å². The lowest BCUT2D eigenvalue weighted by atomic mass is 10.0. The summed E-state index contributed by atoms with van der Waals surface area (Å²) in [7, 11) is 1.67. The van der Waals surface area contributed by atoms with Crippen LogP contribution in [0.1, 0.15) is 22.6 Å². The number of aryl methyl sites for hydroxylation is 1. The fourth-order valence-electron chi connectivity index (χ4n) is 2.92. The molecule has 1 aliphatic heterocycles. The first kappa shape index (κ1) is 16.3. The number of anilines is 1. The van der Waals surface area contributed by atoms with E-state index in [0.29, 0.717) is 25.2 Å². The number of amides is 1. The molecule has 24 heavy (non-hydrogen) atoms. The van der Waals surface area contributed by atoms with E-state index in [9.17, 15) is 9.90 Å². The molecule has 3 heterocycles. The van der Waals surface area contributed by atoms with Crippen molar-refractivity contribution in [3.8, 4) is 0 Å². The SMILES string of the molecule is Cc1cc(N2CC[C@](O)(CN(C)C(=O)c3ccncn3)C2)ncn1. The van der Waals surface area contributed by atoms with Crippen molar-refractivity contribution < 1.29 is 9.90 Å². The molecule has 2 aromatic rings. The fourth-order valence-corrected chi connectivity index (χ4v) is 2.92. The van der Waals surface area contributed by atoms with Crippen LogP contribution < -0.4 is 4.90 Å². The van der Waals surface area contributed by atoms with E-state index in [4.69, 9.17) is 0 Å². The van der Waals surface area contributed by atoms with Crippen molar-refractivity contribution in [1.29, 1.82) is 0 Å². The Kier molecular flexibility index (Phi) is 4.39. The zero-order valence-electron chi connectivity index (χ0n) is 13.8. The Morgan fingerprint density at radius 2 is 2.21 bits per heavy atom. The number of carbonyl (C=O) groups excluding carboxylic acids is 1. The Labute approximate surface area is 140 Å². The molecule has 8 heteroatoms. The van der Waals surface area contributed by atoms with Crippen LogP contribution in [0.2, 0.25) is 0 Å². The monoisotopic (exact) mass is 328 g/mol. The van der Waals surface area contributed by atoms with E-state index in [1.807, 2.05) is 17.9 Å². The van der Waals surface area contributed by atoms with E-state index in [-0.39, 0.29) is 12.5 Å². The van der Waals surface area contributed by atoms with Crippen molar-refractivity contribution in [2.75, 3.05) is 31.6 Å². The second-order valence-corrected chi connectivity index (χ2v) is 6.17. The third-order valence-corrected chi connectivity index (χ3v) is 4.12. The first-order valence-corrected chi connectivity index (χ1v) is 7.74. The summed E-state index contributed by atoms with van der Waals surface area (Å²) in [6.45, 7) is 3.24. The lowest BCUT2D eigenvalue weighted by molar-refractivity contribution is 0.0262. The molecule has 0 saturated carbocycles. The van der Waals surface area contributed by atoms with Crippen LogP contribution in [0.4, 0.5) is 5.82 Å². The molecule has 3 rings (SSSR count). The third-order valence-electron chi connectivity index (χ3n) is 4.12. The topological polar surface area (TPSA) is 95.3 Å². The van der Waals surface area contributed by atoms with Crippen LogP contribution in [0.25, 0.3) is 0 Å². The summed E-state index contributed by atoms with van der Waals surface area (Å²) in [6, 6.07) is 3.45. The van der Waals surface area contributed by atoms with Gasteiger partial charge in [0.1, 0.15) is 29.8 Å². The van der Waals surface area contributed by atoms with Gasteiger partial charge in [0.2, 0.25) is 0 Å². The van der Waals surface area contributed by atoms with E-state index < -0.39 is 5.60 Å². The van der Waals surface area contributed by atoms with Crippen LogP contribution in [0.3, 0.4) is 0 Å². The number of nitrogens with zero attached hydrogens (tertiary/aromatic N) is 6. The molecular weight excluding hydrogens is 308 g/mol. The van der Waals surface area contributed by atoms with Gasteiger partial charge in [-0.05, 0) is 19.4 Å². The molecule has 0 unspecified atom stereocenters. The van der Waals surface area contributed by atoms with Gasteiger partial charge in [-0.2, -0.15) is 0 Å². The summed E-state index contributed by atoms with van der Waals surface area (Å²) in [5, 5.41) is 10.8. The van der Waals surface area contributed by atoms with Crippen molar-refractivity contribution in [3.05, 3.63) is 42.4 Å². The Morgan fingerprint density at radius 1 is 1.38 bits per heavy atom. The van der Waals surface area contributed by atoms with Gasteiger partial charge in [0.15, 0.2) is 0 Å². The van der Waals surface area contributed by atoms with E-state index >= 15 is 0 Å². The quantitative estimate of drug-likeness (QED) is 0.861. The summed E-state index contributed by atoms with van der Waals surface area (Å²) in [5.74, 6) is 0.561. The molecule has 1 aliphatic rings. The number of β-amino-alcohol motifs (C(OH)–C–C–N with tert-alkyl or cyclic N) is 1. The summed E-state index contributed by atoms with van der Waals surface area (Å²) < 4.78 is 0. The molecule has 1 saturated heterocycles. The minimum atomic E-state index is -0.976. The van der Waals surface area contributed by atoms with Crippen LogP contribution >= 0.6 is 0 Å². The van der Waals surface area contributed by atoms with Gasteiger partial charge in [0.05, 0.1) is 6.54 Å². The molecule has 0 radical (unpaired) electrons. The molecule has 0 spiro atoms. The Hall–Kier alpha value is -2.61. The molecule has 126 valence electrons. The highest BCUT2D eigenvalue weighted by Crippen LogP contribution is 2.26. The molecule has 1 N–H and O–H groups in total. The maximum Gasteiger partial charge on any atom is 0.272 e. The second-order valence-electron chi connectivity index (χ2n) is 6.17. The number of likely N-dealkylation sites (N-methyl/N-ethyl adjacent to an activating group) is 1. The zero-order chi connectivity index (χ0) is 17.2. The number of hydrogen-bond acceptors (Lipinski definition) is 7. The van der Waals surface area contributed by atoms with E-state index in [1.165, 1.54) is 23.8 Å². The average Bonchev–Trinajstić information content (AvgIpc) is 2.97. The van der Waals surface area contributed by atoms with E-state index in [1.54, 1.807) is 13.1 Å². The zero-order valence-corrected chi connectivity index (χ0v) is 13.8. The lowest BCUT2D eigenvalue weighted by Gasteiger charge is -2.29. The second kappa shape index (κ2) is 6.48. The molecule has 1 atom stereocenters. The Bertz CT molecular complexity index is 726. The molecule has 0 aliphatic carbocycles. The van der Waals surface area contributed by atoms with Gasteiger partial charge in [-0.15, -0.1) is 0 Å². The molecule has 1 amide bonds. The first-order valence-electron chi connectivity index (χ1n) is 7.74. The smallest absolute Gasteiger partial charge is 0.272 e. The van der Waals surface area contributed by atoms with E-state index in [0.717, 1.165) is 11.5 Å². The minimum absolute atomic E-state index is 0.233. The predicted octanol–water partition coefficient (Wildman–Crippen LogP) is 0.288. The van der Waals surface area contributed by atoms with Crippen molar-refractivity contribution in [3.63, 3.8) is 0 Å². The van der Waals surface area contributed by atoms with Crippen LogP contribution in [0, 0.1) is 6.92 Å². The fraction of sp³-hybridized carbons (Fsp3) is 0.438. The van der Waals surface area contributed by atoms with Crippen molar-refractivity contribution in [2.45, 2.75) is 18.9 Å². The van der Waals surface area contributed by atoms with Crippen LogP contribution in [-0.4, -0.2) is 68.1 Å². The number of carbonyl (C=O) groups is 1. The Morgan fingerprint density at radius 3 is 2.92 bits per heavy atom. The molecule has 2 aromatic heterocycles. The average molecular weight is 328 g/mol. The maximum absolute atomic E-state index is 12.4. The van der Waals surface area contributed by atoms with Gasteiger partial charge in [-0.25, -0.2) is 19.9 Å². The number of hydrogen-bond donors (Lipinski definition) is 1. The highest BCUT2D eigenvalue weighted by atomic mass is 16.3. The van der Waals surface area contributed by atoms with Gasteiger partial charge in [-0.3, -0.25) is 4.79 Å². The highest BCUT2D eigenvalue weighted by molar-refractivity contribution is 5.92. The molecular formula is C16H20N6O2. The molecule has 1 fully saturated rings. The normalized spacial score (nSPS) is 20.2. The van der Waals surface area contributed by atoms with Gasteiger partial charge in [0.25, 0.3) is 5.91 Å². The van der Waals surface area contributed by atoms with Crippen LogP contribution in [0.5, 0.6) is 0 Å². The van der Waals surface area contributed by atoms with Crippen LogP contribution in [0.15, 0.2) is 31.0 Å². The summed E-state index contributed by atoms with van der Waals surface area (Å²) in [6.07, 6.45) is 4.95. The number of rotatable bonds is 4. The van der Waals surface area contributed by atoms with Crippen molar-refractivity contribution >= 4 is 11.7 Å². The predicted molar refractivity (Wildman–Crippen MR) is 87.5 cm³/mol. The van der Waals surface area contributed by atoms with E-state index in [2.05, 4.69) is 19.9 Å². The summed E-state index contributed by atoms with van der Waals surface area (Å²) in [5.41, 5.74) is 0.222. The Balaban J connectivity index is 1.66. The summed E-state index contributed by atoms with van der Waals surface area (Å²) >= 11 is 0. The molecule has 0 aromatic carbocycles. The number of aromatic nitrogens is 4. The third kappa shape index (κ3) is 3.48. The largest absolute Gasteiger partial charge is 0.386 e.